The Kier molecular flexibility index (Phi) is 21.8. The van der Waals surface area contributed by atoms with Crippen LogP contribution in [0.4, 0.5) is 0 Å². The van der Waals surface area contributed by atoms with Gasteiger partial charge in [0.05, 0.1) is 39.1 Å². The summed E-state index contributed by atoms with van der Waals surface area (Å²) in [6.45, 7) is -0.498. The summed E-state index contributed by atoms with van der Waals surface area (Å²) in [5.74, 6) is -2.38. The van der Waals surface area contributed by atoms with Crippen molar-refractivity contribution >= 4 is 17.7 Å². The summed E-state index contributed by atoms with van der Waals surface area (Å²) in [7, 11) is 0. The molecule has 33 nitrogen and oxygen atoms in total. The van der Waals surface area contributed by atoms with Gasteiger partial charge in [-0.15, -0.1) is 0 Å². The zero-order valence-electron chi connectivity index (χ0n) is 40.7. The molecule has 6 saturated heterocycles. The molecule has 6 aliphatic heterocycles. The highest BCUT2D eigenvalue weighted by Crippen LogP contribution is 2.37. The molecule has 0 bridgehead atoms. The molecule has 0 radical (unpaired) electrons. The van der Waals surface area contributed by atoms with Gasteiger partial charge in [-0.25, -0.2) is 0 Å². The van der Waals surface area contributed by atoms with E-state index in [9.17, 15) is 96.1 Å². The number of hydrogen-bond donors (Lipinski definition) is 19. The van der Waals surface area contributed by atoms with Gasteiger partial charge in [-0.2, -0.15) is 0 Å². The fraction of sp³-hybridized carbons (Fsp3) is 0.929. The highest BCUT2D eigenvalue weighted by atomic mass is 16.8. The molecule has 0 aliphatic carbocycles. The molecule has 6 aliphatic rings. The smallest absolute Gasteiger partial charge is 0.217 e. The van der Waals surface area contributed by atoms with Gasteiger partial charge in [0.2, 0.25) is 17.7 Å². The van der Waals surface area contributed by atoms with Crippen LogP contribution in [0, 0.1) is 0 Å². The van der Waals surface area contributed by atoms with E-state index in [0.717, 1.165) is 20.8 Å². The lowest BCUT2D eigenvalue weighted by Crippen LogP contribution is -2.71. The van der Waals surface area contributed by atoms with Crippen LogP contribution >= 0.6 is 0 Å². The number of hydrogen-bond acceptors (Lipinski definition) is 30. The first-order valence-corrected chi connectivity index (χ1v) is 24.0. The largest absolute Gasteiger partial charge is 0.394 e. The van der Waals surface area contributed by atoms with Gasteiger partial charge in [-0.05, 0) is 6.92 Å². The fourth-order valence-electron chi connectivity index (χ4n) is 9.64. The molecule has 6 heterocycles. The number of aliphatic hydroxyl groups is 16. The first-order valence-electron chi connectivity index (χ1n) is 24.0. The van der Waals surface area contributed by atoms with E-state index in [4.69, 9.17) is 52.1 Å². The number of carbonyl (C=O) groups excluding carboxylic acids is 3. The van der Waals surface area contributed by atoms with Crippen molar-refractivity contribution in [1.82, 2.24) is 16.0 Å². The van der Waals surface area contributed by atoms with Gasteiger partial charge in [-0.3, -0.25) is 14.4 Å². The van der Waals surface area contributed by atoms with Crippen molar-refractivity contribution in [3.05, 3.63) is 0 Å². The van der Waals surface area contributed by atoms with E-state index in [1.807, 2.05) is 0 Å². The van der Waals surface area contributed by atoms with Gasteiger partial charge < -0.3 is 150 Å². The van der Waals surface area contributed by atoms with Crippen LogP contribution in [-0.2, 0) is 66.5 Å². The van der Waals surface area contributed by atoms with Gasteiger partial charge in [0.1, 0.15) is 140 Å². The fourth-order valence-corrected chi connectivity index (χ4v) is 9.64. The number of amides is 3. The van der Waals surface area contributed by atoms with E-state index >= 15 is 0 Å². The molecule has 0 saturated carbocycles. The summed E-state index contributed by atoms with van der Waals surface area (Å²) >= 11 is 0. The minimum atomic E-state index is -2.25. The highest BCUT2D eigenvalue weighted by Gasteiger charge is 2.58. The van der Waals surface area contributed by atoms with Crippen molar-refractivity contribution in [2.75, 3.05) is 33.0 Å². The molecule has 6 rings (SSSR count). The monoisotopic (exact) mass is 1100 g/mol. The van der Waals surface area contributed by atoms with Crippen LogP contribution in [0.15, 0.2) is 0 Å². The Bertz CT molecular complexity index is 1850. The predicted octanol–water partition coefficient (Wildman–Crippen LogP) is -12.6. The maximum absolute atomic E-state index is 12.7. The summed E-state index contributed by atoms with van der Waals surface area (Å²) in [5, 5.41) is 180. The lowest BCUT2D eigenvalue weighted by molar-refractivity contribution is -0.393. The molecular formula is C42H71N3O30. The Balaban J connectivity index is 1.27. The summed E-state index contributed by atoms with van der Waals surface area (Å²) < 4.78 is 64.3. The number of aliphatic hydroxyl groups excluding tert-OH is 16. The van der Waals surface area contributed by atoms with Crippen molar-refractivity contribution in [2.45, 2.75) is 212 Å². The topological polar surface area (TPSA) is 513 Å². The standard InChI is InChI=1S/C42H71N3O30/c1-10-22(54)28(60)30(62)40(65-10)73-34-21(45-13(4)53)37(64)66-18(9-50)33(34)72-39-20(44-12(3)52)27(59)32(17(8-49)70-39)71-41-31(63)35(25(57)16(7-48)68-41)74-42-36(29(61)24(56)15(6-47)69-42)75-38-19(43-11(2)51)26(58)23(55)14(5-46)67-38/h10,14-42,46-50,54-64H,5-9H2,1-4H3,(H,43,51)(H,44,52)(H,45,53)/t10-,14+,15+,16+,17+,18+,19+,20+,21+,22+,23+,24+,25+,26+,27+,28+,29-,30-,31-,32+,33+,34+,35-,36-,37+,38-,39-,40-,41-,42+/m0/s1. The zero-order chi connectivity index (χ0) is 55.5. The van der Waals surface area contributed by atoms with E-state index in [2.05, 4.69) is 16.0 Å². The molecule has 434 valence electrons. The van der Waals surface area contributed by atoms with Crippen LogP contribution in [0.25, 0.3) is 0 Å². The summed E-state index contributed by atoms with van der Waals surface area (Å²) in [6.07, 6.45) is -50.2. The van der Waals surface area contributed by atoms with E-state index in [1.165, 1.54) is 6.92 Å². The van der Waals surface area contributed by atoms with E-state index < -0.39 is 235 Å². The SMILES string of the molecule is CC(=O)N[C@@H]1[C@@H](O[C@@H]2O[C@@H](C)[C@@H](O)[C@@H](O)[C@@H]2O)[C@H](O[C@@H]2O[C@H](CO)[C@@H](O[C@@H]3O[C@H](CO)[C@@H](O)[C@H](O[C@H]4O[C@H](CO)[C@@H](O)[C@H](O)[C@@H]4O[C@@H]4O[C@H](CO)[C@@H](O)[C@H](O)[C@H]4NC(C)=O)[C@@H]3O)[C@H](O)[C@H]2NC(C)=O)[C@@H](CO)O[C@H]1O. The van der Waals surface area contributed by atoms with E-state index in [-0.39, 0.29) is 0 Å². The first kappa shape index (κ1) is 61.5. The van der Waals surface area contributed by atoms with Crippen molar-refractivity contribution in [2.24, 2.45) is 0 Å². The van der Waals surface area contributed by atoms with Crippen LogP contribution in [0.2, 0.25) is 0 Å². The normalized spacial score (nSPS) is 48.6. The number of nitrogens with one attached hydrogen (secondary N) is 3. The van der Waals surface area contributed by atoms with Crippen molar-refractivity contribution < 1.29 is 148 Å². The third-order valence-corrected chi connectivity index (χ3v) is 13.6. The van der Waals surface area contributed by atoms with Crippen molar-refractivity contribution in [1.29, 1.82) is 0 Å². The van der Waals surface area contributed by atoms with Gasteiger partial charge in [-0.1, -0.05) is 0 Å². The van der Waals surface area contributed by atoms with Crippen molar-refractivity contribution in [3.63, 3.8) is 0 Å². The molecule has 0 aromatic heterocycles. The highest BCUT2D eigenvalue weighted by molar-refractivity contribution is 5.74. The Morgan fingerprint density at radius 3 is 1.29 bits per heavy atom. The molecule has 6 fully saturated rings. The van der Waals surface area contributed by atoms with Gasteiger partial charge >= 0.3 is 0 Å². The van der Waals surface area contributed by atoms with Crippen LogP contribution < -0.4 is 16.0 Å². The quantitative estimate of drug-likeness (QED) is 0.0606. The van der Waals surface area contributed by atoms with E-state index in [1.54, 1.807) is 0 Å². The second-order valence-corrected chi connectivity index (χ2v) is 18.9. The molecular weight excluding hydrogens is 1030 g/mol. The molecule has 0 spiro atoms. The van der Waals surface area contributed by atoms with Crippen LogP contribution in [0.3, 0.4) is 0 Å². The first-order chi connectivity index (χ1) is 35.4. The third kappa shape index (κ3) is 13.5. The van der Waals surface area contributed by atoms with Crippen molar-refractivity contribution in [3.8, 4) is 0 Å². The predicted molar refractivity (Wildman–Crippen MR) is 233 cm³/mol. The van der Waals surface area contributed by atoms with Gasteiger partial charge in [0.15, 0.2) is 37.7 Å². The minimum absolute atomic E-state index is 0.766. The molecule has 0 aromatic rings. The lowest BCUT2D eigenvalue weighted by Gasteiger charge is -2.51. The Morgan fingerprint density at radius 1 is 0.347 bits per heavy atom. The van der Waals surface area contributed by atoms with E-state index in [0.29, 0.717) is 0 Å². The Labute approximate surface area is 426 Å². The molecule has 30 atom stereocenters. The molecule has 33 heteroatoms. The second-order valence-electron chi connectivity index (χ2n) is 18.9. The summed E-state index contributed by atoms with van der Waals surface area (Å²) in [4.78, 5) is 37.3. The molecule has 0 unspecified atom stereocenters. The average Bonchev–Trinajstić information content (AvgIpc) is 3.36. The number of ether oxygens (including phenoxy) is 11. The minimum Gasteiger partial charge on any atom is -0.394 e. The third-order valence-electron chi connectivity index (χ3n) is 13.6. The van der Waals surface area contributed by atoms with Gasteiger partial charge in [0, 0.05) is 20.8 Å². The zero-order valence-corrected chi connectivity index (χ0v) is 40.7. The average molecular weight is 1100 g/mol. The molecule has 19 N–H and O–H groups in total. The summed E-state index contributed by atoms with van der Waals surface area (Å²) in [6, 6.07) is -5.03. The Morgan fingerprint density at radius 2 is 0.747 bits per heavy atom. The molecule has 3 amide bonds. The van der Waals surface area contributed by atoms with Crippen LogP contribution in [0.1, 0.15) is 27.7 Å². The van der Waals surface area contributed by atoms with Crippen LogP contribution in [0.5, 0.6) is 0 Å². The summed E-state index contributed by atoms with van der Waals surface area (Å²) in [5.41, 5.74) is 0. The number of rotatable bonds is 18. The lowest BCUT2D eigenvalue weighted by atomic mass is 9.93. The second kappa shape index (κ2) is 26.5. The maximum atomic E-state index is 12.7. The molecule has 0 aromatic carbocycles. The van der Waals surface area contributed by atoms with Gasteiger partial charge in [0.25, 0.3) is 0 Å². The van der Waals surface area contributed by atoms with Crippen LogP contribution in [-0.4, -0.2) is 317 Å². The maximum Gasteiger partial charge on any atom is 0.217 e. The Hall–Kier alpha value is -2.67. The number of carbonyl (C=O) groups is 3. The molecule has 75 heavy (non-hydrogen) atoms.